The Kier molecular flexibility index (Phi) is 5.65. The van der Waals surface area contributed by atoms with Crippen LogP contribution in [0.1, 0.15) is 70.1 Å². The standard InChI is InChI=1S/C17H28N4O2/c1-2-3-4-5-6-7-15(22)18-17-19-16(23-20-17)14-12-21-10-8-13(14)9-11-21/h13-14H,2-12H2,1H3,(H,18,20,22). The Balaban J connectivity index is 1.45. The van der Waals surface area contributed by atoms with Gasteiger partial charge in [0.25, 0.3) is 5.95 Å². The van der Waals surface area contributed by atoms with Crippen molar-refractivity contribution >= 4 is 11.9 Å². The number of amides is 1. The molecule has 1 unspecified atom stereocenters. The molecule has 6 nitrogen and oxygen atoms in total. The number of aromatic nitrogens is 2. The van der Waals surface area contributed by atoms with Gasteiger partial charge >= 0.3 is 0 Å². The summed E-state index contributed by atoms with van der Waals surface area (Å²) in [5, 5.41) is 6.70. The lowest BCUT2D eigenvalue weighted by Gasteiger charge is -2.43. The van der Waals surface area contributed by atoms with E-state index >= 15 is 0 Å². The molecule has 6 heteroatoms. The number of carbonyl (C=O) groups is 1. The van der Waals surface area contributed by atoms with E-state index < -0.39 is 0 Å². The first-order valence-electron chi connectivity index (χ1n) is 9.12. The van der Waals surface area contributed by atoms with Crippen LogP contribution in [0.2, 0.25) is 0 Å². The molecule has 3 fully saturated rings. The lowest BCUT2D eigenvalue weighted by molar-refractivity contribution is -0.116. The first-order chi connectivity index (χ1) is 11.3. The van der Waals surface area contributed by atoms with Gasteiger partial charge in [-0.1, -0.05) is 32.6 Å². The third kappa shape index (κ3) is 4.31. The number of nitrogens with one attached hydrogen (secondary N) is 1. The topological polar surface area (TPSA) is 71.3 Å². The van der Waals surface area contributed by atoms with E-state index in [0.29, 0.717) is 30.1 Å². The van der Waals surface area contributed by atoms with Gasteiger partial charge in [-0.3, -0.25) is 10.1 Å². The van der Waals surface area contributed by atoms with Crippen molar-refractivity contribution in [2.45, 2.75) is 64.2 Å². The van der Waals surface area contributed by atoms with Crippen molar-refractivity contribution < 1.29 is 9.32 Å². The van der Waals surface area contributed by atoms with Crippen LogP contribution in [0.15, 0.2) is 4.52 Å². The number of nitrogens with zero attached hydrogens (tertiary/aromatic N) is 3. The van der Waals surface area contributed by atoms with Crippen molar-refractivity contribution in [2.24, 2.45) is 5.92 Å². The third-order valence-electron chi connectivity index (χ3n) is 5.17. The Morgan fingerprint density at radius 1 is 1.26 bits per heavy atom. The van der Waals surface area contributed by atoms with Crippen molar-refractivity contribution in [1.29, 1.82) is 0 Å². The molecular weight excluding hydrogens is 292 g/mol. The van der Waals surface area contributed by atoms with Crippen molar-refractivity contribution in [1.82, 2.24) is 15.0 Å². The van der Waals surface area contributed by atoms with Crippen LogP contribution in [-0.2, 0) is 4.79 Å². The van der Waals surface area contributed by atoms with Gasteiger partial charge in [-0.05, 0) is 43.4 Å². The summed E-state index contributed by atoms with van der Waals surface area (Å²) in [5.41, 5.74) is 0. The van der Waals surface area contributed by atoms with Crippen LogP contribution in [0.4, 0.5) is 5.95 Å². The molecule has 0 aromatic carbocycles. The molecule has 0 spiro atoms. The summed E-state index contributed by atoms with van der Waals surface area (Å²) < 4.78 is 5.41. The molecule has 3 aliphatic heterocycles. The molecule has 23 heavy (non-hydrogen) atoms. The summed E-state index contributed by atoms with van der Waals surface area (Å²) in [4.78, 5) is 18.8. The highest BCUT2D eigenvalue weighted by atomic mass is 16.5. The van der Waals surface area contributed by atoms with Gasteiger partial charge in [-0.15, -0.1) is 0 Å². The summed E-state index contributed by atoms with van der Waals surface area (Å²) >= 11 is 0. The van der Waals surface area contributed by atoms with E-state index in [9.17, 15) is 4.79 Å². The maximum Gasteiger partial charge on any atom is 0.270 e. The molecule has 0 saturated carbocycles. The molecule has 4 rings (SSSR count). The Morgan fingerprint density at radius 3 is 2.74 bits per heavy atom. The summed E-state index contributed by atoms with van der Waals surface area (Å²) in [6, 6.07) is 0. The molecule has 0 aliphatic carbocycles. The number of carbonyl (C=O) groups excluding carboxylic acids is 1. The zero-order valence-electron chi connectivity index (χ0n) is 14.1. The highest BCUT2D eigenvalue weighted by molar-refractivity contribution is 5.88. The molecule has 1 aromatic rings. The Hall–Kier alpha value is -1.43. The molecule has 1 atom stereocenters. The minimum Gasteiger partial charge on any atom is -0.337 e. The van der Waals surface area contributed by atoms with E-state index in [2.05, 4.69) is 27.3 Å². The number of hydrogen-bond acceptors (Lipinski definition) is 5. The van der Waals surface area contributed by atoms with E-state index in [1.807, 2.05) is 0 Å². The maximum atomic E-state index is 11.9. The van der Waals surface area contributed by atoms with Crippen LogP contribution in [0.3, 0.4) is 0 Å². The fraction of sp³-hybridized carbons (Fsp3) is 0.824. The fourth-order valence-electron chi connectivity index (χ4n) is 3.76. The largest absolute Gasteiger partial charge is 0.337 e. The molecule has 1 N–H and O–H groups in total. The van der Waals surface area contributed by atoms with Crippen molar-refractivity contribution in [3.8, 4) is 0 Å². The van der Waals surface area contributed by atoms with E-state index in [-0.39, 0.29) is 5.91 Å². The minimum absolute atomic E-state index is 0.0113. The van der Waals surface area contributed by atoms with E-state index in [0.717, 1.165) is 19.4 Å². The Bertz CT molecular complexity index is 508. The third-order valence-corrected chi connectivity index (χ3v) is 5.17. The monoisotopic (exact) mass is 320 g/mol. The van der Waals surface area contributed by atoms with Crippen LogP contribution < -0.4 is 5.32 Å². The number of anilines is 1. The molecule has 0 radical (unpaired) electrons. The fourth-order valence-corrected chi connectivity index (χ4v) is 3.76. The molecule has 4 heterocycles. The number of fused-ring (bicyclic) bond motifs is 3. The SMILES string of the molecule is CCCCCCCC(=O)Nc1noc(C2CN3CCC2CC3)n1. The van der Waals surface area contributed by atoms with E-state index in [1.54, 1.807) is 0 Å². The predicted molar refractivity (Wildman–Crippen MR) is 88.2 cm³/mol. The van der Waals surface area contributed by atoms with Crippen molar-refractivity contribution in [2.75, 3.05) is 25.0 Å². The van der Waals surface area contributed by atoms with Gasteiger partial charge < -0.3 is 9.42 Å². The number of hydrogen-bond donors (Lipinski definition) is 1. The zero-order chi connectivity index (χ0) is 16.1. The summed E-state index contributed by atoms with van der Waals surface area (Å²) in [6.07, 6.45) is 8.67. The molecular formula is C17H28N4O2. The van der Waals surface area contributed by atoms with Crippen molar-refractivity contribution in [3.05, 3.63) is 5.89 Å². The van der Waals surface area contributed by atoms with E-state index in [4.69, 9.17) is 4.52 Å². The second kappa shape index (κ2) is 7.90. The number of piperidine rings is 3. The van der Waals surface area contributed by atoms with Gasteiger partial charge in [-0.2, -0.15) is 4.98 Å². The van der Waals surface area contributed by atoms with Crippen LogP contribution in [0.5, 0.6) is 0 Å². The van der Waals surface area contributed by atoms with Gasteiger partial charge in [0.2, 0.25) is 11.8 Å². The Morgan fingerprint density at radius 2 is 2.04 bits per heavy atom. The van der Waals surface area contributed by atoms with Gasteiger partial charge in [-0.25, -0.2) is 0 Å². The van der Waals surface area contributed by atoms with Crippen LogP contribution in [0.25, 0.3) is 0 Å². The first kappa shape index (κ1) is 16.4. The van der Waals surface area contributed by atoms with Crippen LogP contribution in [0, 0.1) is 5.92 Å². The normalized spacial score (nSPS) is 26.4. The van der Waals surface area contributed by atoms with Gasteiger partial charge in [0.1, 0.15) is 0 Å². The molecule has 2 bridgehead atoms. The van der Waals surface area contributed by atoms with Crippen LogP contribution >= 0.6 is 0 Å². The Labute approximate surface area is 138 Å². The predicted octanol–water partition coefficient (Wildman–Crippen LogP) is 3.18. The van der Waals surface area contributed by atoms with Gasteiger partial charge in [0.05, 0.1) is 5.92 Å². The molecule has 3 saturated heterocycles. The minimum atomic E-state index is -0.0113. The molecule has 128 valence electrons. The second-order valence-corrected chi connectivity index (χ2v) is 6.91. The maximum absolute atomic E-state index is 11.9. The van der Waals surface area contributed by atoms with Crippen molar-refractivity contribution in [3.63, 3.8) is 0 Å². The van der Waals surface area contributed by atoms with Gasteiger partial charge in [0.15, 0.2) is 0 Å². The second-order valence-electron chi connectivity index (χ2n) is 6.91. The quantitative estimate of drug-likeness (QED) is 0.745. The number of unbranched alkanes of at least 4 members (excludes halogenated alkanes) is 4. The smallest absolute Gasteiger partial charge is 0.270 e. The lowest BCUT2D eigenvalue weighted by Crippen LogP contribution is -2.46. The summed E-state index contributed by atoms with van der Waals surface area (Å²) in [6.45, 7) is 5.58. The molecule has 1 amide bonds. The summed E-state index contributed by atoms with van der Waals surface area (Å²) in [7, 11) is 0. The van der Waals surface area contributed by atoms with Crippen LogP contribution in [-0.4, -0.2) is 40.6 Å². The summed E-state index contributed by atoms with van der Waals surface area (Å²) in [5.74, 6) is 2.00. The highest BCUT2D eigenvalue weighted by Gasteiger charge is 2.38. The zero-order valence-corrected chi connectivity index (χ0v) is 14.1. The first-order valence-corrected chi connectivity index (χ1v) is 9.12. The van der Waals surface area contributed by atoms with Gasteiger partial charge in [0, 0.05) is 13.0 Å². The van der Waals surface area contributed by atoms with E-state index in [1.165, 1.54) is 45.2 Å². The molecule has 1 aromatic heterocycles. The number of rotatable bonds is 8. The molecule has 3 aliphatic rings. The average Bonchev–Trinajstić information content (AvgIpc) is 3.04. The lowest BCUT2D eigenvalue weighted by atomic mass is 9.79. The average molecular weight is 320 g/mol. The highest BCUT2D eigenvalue weighted by Crippen LogP contribution is 2.38.